The predicted molar refractivity (Wildman–Crippen MR) is 84.2 cm³/mol. The fourth-order valence-electron chi connectivity index (χ4n) is 2.61. The van der Waals surface area contributed by atoms with E-state index in [1.807, 2.05) is 38.1 Å². The number of hydrogen-bond donors (Lipinski definition) is 3. The van der Waals surface area contributed by atoms with Gasteiger partial charge in [-0.3, -0.25) is 0 Å². The van der Waals surface area contributed by atoms with E-state index in [0.29, 0.717) is 5.92 Å². The van der Waals surface area contributed by atoms with Crippen LogP contribution in [0.3, 0.4) is 0 Å². The molecule has 2 rings (SSSR count). The highest BCUT2D eigenvalue weighted by Crippen LogP contribution is 2.19. The molecule has 0 radical (unpaired) electrons. The topological polar surface area (TPSA) is 76.4 Å². The Bertz CT molecular complexity index is 470. The Labute approximate surface area is 126 Å². The average Bonchev–Trinajstić information content (AvgIpc) is 2.48. The van der Waals surface area contributed by atoms with Crippen LogP contribution < -0.4 is 16.4 Å². The van der Waals surface area contributed by atoms with Crippen molar-refractivity contribution in [3.05, 3.63) is 29.8 Å². The minimum Gasteiger partial charge on any atom is -0.381 e. The first-order valence-corrected chi connectivity index (χ1v) is 7.57. The lowest BCUT2D eigenvalue weighted by atomic mass is 9.93. The van der Waals surface area contributed by atoms with Gasteiger partial charge in [0.05, 0.1) is 0 Å². The number of carbonyl (C=O) groups is 1. The molecule has 1 aromatic rings. The summed E-state index contributed by atoms with van der Waals surface area (Å²) in [5.41, 5.74) is 7.62. The highest BCUT2D eigenvalue weighted by molar-refractivity contribution is 5.89. The van der Waals surface area contributed by atoms with Crippen LogP contribution in [0.1, 0.15) is 38.3 Å². The van der Waals surface area contributed by atoms with E-state index in [4.69, 9.17) is 10.5 Å². The van der Waals surface area contributed by atoms with Gasteiger partial charge in [-0.2, -0.15) is 0 Å². The van der Waals surface area contributed by atoms with Crippen LogP contribution in [-0.2, 0) is 4.74 Å². The van der Waals surface area contributed by atoms with E-state index in [-0.39, 0.29) is 18.1 Å². The standard InChI is InChI=1S/C16H25N3O2/c1-11(17)14-4-3-5-15(10-14)19-16(20)18-12(2)13-6-8-21-9-7-13/h3-5,10-13H,6-9,17H2,1-2H3,(H2,18,19,20). The van der Waals surface area contributed by atoms with Crippen molar-refractivity contribution in [2.24, 2.45) is 11.7 Å². The second kappa shape index (κ2) is 7.43. The molecule has 1 aliphatic heterocycles. The third-order valence-electron chi connectivity index (χ3n) is 4.00. The maximum Gasteiger partial charge on any atom is 0.319 e. The summed E-state index contributed by atoms with van der Waals surface area (Å²) in [5.74, 6) is 0.486. The van der Waals surface area contributed by atoms with Crippen LogP contribution in [-0.4, -0.2) is 25.3 Å². The quantitative estimate of drug-likeness (QED) is 0.798. The first-order valence-electron chi connectivity index (χ1n) is 7.57. The summed E-state index contributed by atoms with van der Waals surface area (Å²) >= 11 is 0. The number of hydrogen-bond acceptors (Lipinski definition) is 3. The molecule has 1 heterocycles. The lowest BCUT2D eigenvalue weighted by Gasteiger charge is -2.28. The van der Waals surface area contributed by atoms with Crippen LogP contribution in [0.15, 0.2) is 24.3 Å². The summed E-state index contributed by atoms with van der Waals surface area (Å²) in [6.45, 7) is 5.55. The molecule has 0 spiro atoms. The van der Waals surface area contributed by atoms with Crippen molar-refractivity contribution in [2.45, 2.75) is 38.8 Å². The zero-order valence-electron chi connectivity index (χ0n) is 12.8. The van der Waals surface area contributed by atoms with E-state index in [2.05, 4.69) is 10.6 Å². The third-order valence-corrected chi connectivity index (χ3v) is 4.00. The largest absolute Gasteiger partial charge is 0.381 e. The van der Waals surface area contributed by atoms with Crippen molar-refractivity contribution in [1.82, 2.24) is 5.32 Å². The van der Waals surface area contributed by atoms with Crippen LogP contribution >= 0.6 is 0 Å². The molecule has 116 valence electrons. The monoisotopic (exact) mass is 291 g/mol. The molecule has 0 bridgehead atoms. The zero-order valence-corrected chi connectivity index (χ0v) is 12.8. The van der Waals surface area contributed by atoms with E-state index in [1.165, 1.54) is 0 Å². The van der Waals surface area contributed by atoms with Crippen LogP contribution in [0.2, 0.25) is 0 Å². The molecule has 2 atom stereocenters. The Balaban J connectivity index is 1.87. The molecule has 4 N–H and O–H groups in total. The number of ether oxygens (including phenoxy) is 1. The minimum atomic E-state index is -0.171. The Morgan fingerprint density at radius 2 is 2.05 bits per heavy atom. The van der Waals surface area contributed by atoms with Gasteiger partial charge in [-0.05, 0) is 50.3 Å². The van der Waals surface area contributed by atoms with Crippen molar-refractivity contribution in [3.8, 4) is 0 Å². The summed E-state index contributed by atoms with van der Waals surface area (Å²) in [7, 11) is 0. The summed E-state index contributed by atoms with van der Waals surface area (Å²) in [6.07, 6.45) is 2.00. The van der Waals surface area contributed by atoms with E-state index >= 15 is 0 Å². The molecule has 5 nitrogen and oxygen atoms in total. The molecule has 21 heavy (non-hydrogen) atoms. The highest BCUT2D eigenvalue weighted by atomic mass is 16.5. The van der Waals surface area contributed by atoms with Crippen molar-refractivity contribution in [3.63, 3.8) is 0 Å². The van der Waals surface area contributed by atoms with Gasteiger partial charge in [0.25, 0.3) is 0 Å². The molecule has 1 fully saturated rings. The third kappa shape index (κ3) is 4.72. The average molecular weight is 291 g/mol. The molecule has 2 unspecified atom stereocenters. The van der Waals surface area contributed by atoms with E-state index in [9.17, 15) is 4.79 Å². The molecule has 2 amide bonds. The van der Waals surface area contributed by atoms with Crippen LogP contribution in [0.25, 0.3) is 0 Å². The van der Waals surface area contributed by atoms with E-state index in [0.717, 1.165) is 37.3 Å². The molecule has 1 aromatic carbocycles. The molecule has 0 saturated carbocycles. The van der Waals surface area contributed by atoms with Gasteiger partial charge in [-0.25, -0.2) is 4.79 Å². The fourth-order valence-corrected chi connectivity index (χ4v) is 2.61. The van der Waals surface area contributed by atoms with Gasteiger partial charge in [-0.1, -0.05) is 12.1 Å². The molecular weight excluding hydrogens is 266 g/mol. The van der Waals surface area contributed by atoms with Gasteiger partial charge in [0, 0.05) is 31.0 Å². The van der Waals surface area contributed by atoms with Crippen molar-refractivity contribution in [2.75, 3.05) is 18.5 Å². The van der Waals surface area contributed by atoms with E-state index in [1.54, 1.807) is 0 Å². The minimum absolute atomic E-state index is 0.0454. The van der Waals surface area contributed by atoms with E-state index < -0.39 is 0 Å². The van der Waals surface area contributed by atoms with Crippen molar-refractivity contribution in [1.29, 1.82) is 0 Å². The molecule has 5 heteroatoms. The Kier molecular flexibility index (Phi) is 5.59. The summed E-state index contributed by atoms with van der Waals surface area (Å²) < 4.78 is 5.35. The van der Waals surface area contributed by atoms with Crippen LogP contribution in [0.4, 0.5) is 10.5 Å². The summed E-state index contributed by atoms with van der Waals surface area (Å²) in [5, 5.41) is 5.88. The first-order chi connectivity index (χ1) is 10.1. The van der Waals surface area contributed by atoms with Gasteiger partial charge >= 0.3 is 6.03 Å². The Morgan fingerprint density at radius 3 is 2.71 bits per heavy atom. The van der Waals surface area contributed by atoms with Crippen LogP contribution in [0.5, 0.6) is 0 Å². The molecular formula is C16H25N3O2. The highest BCUT2D eigenvalue weighted by Gasteiger charge is 2.21. The van der Waals surface area contributed by atoms with Gasteiger partial charge in [0.1, 0.15) is 0 Å². The van der Waals surface area contributed by atoms with Gasteiger partial charge in [0.2, 0.25) is 0 Å². The number of urea groups is 1. The van der Waals surface area contributed by atoms with Crippen LogP contribution in [0, 0.1) is 5.92 Å². The van der Waals surface area contributed by atoms with Crippen molar-refractivity contribution >= 4 is 11.7 Å². The SMILES string of the molecule is CC(N)c1cccc(NC(=O)NC(C)C2CCOCC2)c1. The van der Waals surface area contributed by atoms with Gasteiger partial charge < -0.3 is 21.1 Å². The number of carbonyl (C=O) groups excluding carboxylic acids is 1. The van der Waals surface area contributed by atoms with Gasteiger partial charge in [-0.15, -0.1) is 0 Å². The maximum atomic E-state index is 12.1. The molecule has 0 aromatic heterocycles. The smallest absolute Gasteiger partial charge is 0.319 e. The number of nitrogens with two attached hydrogens (primary N) is 1. The molecule has 0 aliphatic carbocycles. The Morgan fingerprint density at radius 1 is 1.33 bits per heavy atom. The van der Waals surface area contributed by atoms with Crippen molar-refractivity contribution < 1.29 is 9.53 Å². The fraction of sp³-hybridized carbons (Fsp3) is 0.562. The second-order valence-corrected chi connectivity index (χ2v) is 5.75. The summed E-state index contributed by atoms with van der Waals surface area (Å²) in [4.78, 5) is 12.1. The van der Waals surface area contributed by atoms with Gasteiger partial charge in [0.15, 0.2) is 0 Å². The number of benzene rings is 1. The zero-order chi connectivity index (χ0) is 15.2. The normalized spacial score (nSPS) is 18.8. The lowest BCUT2D eigenvalue weighted by molar-refractivity contribution is 0.0573. The first kappa shape index (κ1) is 15.8. The maximum absolute atomic E-state index is 12.1. The molecule has 1 aliphatic rings. The second-order valence-electron chi connectivity index (χ2n) is 5.75. The number of rotatable bonds is 4. The molecule has 1 saturated heterocycles. The number of nitrogens with one attached hydrogen (secondary N) is 2. The Hall–Kier alpha value is -1.59. The number of amides is 2. The number of anilines is 1. The predicted octanol–water partition coefficient (Wildman–Crippen LogP) is 2.64. The summed E-state index contributed by atoms with van der Waals surface area (Å²) in [6, 6.07) is 7.56. The lowest BCUT2D eigenvalue weighted by Crippen LogP contribution is -2.42.